The van der Waals surface area contributed by atoms with Crippen LogP contribution in [0.5, 0.6) is 5.75 Å². The predicted molar refractivity (Wildman–Crippen MR) is 87.0 cm³/mol. The van der Waals surface area contributed by atoms with E-state index in [2.05, 4.69) is 53.3 Å². The summed E-state index contributed by atoms with van der Waals surface area (Å²) in [5, 5.41) is 3.41. The van der Waals surface area contributed by atoms with Gasteiger partial charge in [-0.15, -0.1) is 0 Å². The Morgan fingerprint density at radius 1 is 1.15 bits per heavy atom. The third-order valence-electron chi connectivity index (χ3n) is 3.22. The lowest BCUT2D eigenvalue weighted by molar-refractivity contribution is 0.305. The van der Waals surface area contributed by atoms with Crippen molar-refractivity contribution in [1.82, 2.24) is 5.32 Å². The molecule has 0 saturated heterocycles. The molecule has 0 aliphatic heterocycles. The van der Waals surface area contributed by atoms with Gasteiger partial charge in [0.1, 0.15) is 12.4 Å². The minimum Gasteiger partial charge on any atom is -0.489 e. The molecule has 0 spiro atoms. The molecule has 0 amide bonds. The zero-order valence-corrected chi connectivity index (χ0v) is 13.5. The van der Waals surface area contributed by atoms with Crippen molar-refractivity contribution in [1.29, 1.82) is 0 Å². The van der Waals surface area contributed by atoms with Crippen molar-refractivity contribution >= 4 is 15.9 Å². The highest BCUT2D eigenvalue weighted by molar-refractivity contribution is 9.10. The van der Waals surface area contributed by atoms with Crippen LogP contribution in [-0.4, -0.2) is 6.54 Å². The van der Waals surface area contributed by atoms with Crippen LogP contribution in [0.25, 0.3) is 0 Å². The summed E-state index contributed by atoms with van der Waals surface area (Å²) in [6.45, 7) is 5.81. The molecule has 0 saturated carbocycles. The van der Waals surface area contributed by atoms with Crippen molar-refractivity contribution in [2.75, 3.05) is 6.54 Å². The smallest absolute Gasteiger partial charge is 0.120 e. The molecule has 0 fully saturated rings. The van der Waals surface area contributed by atoms with Gasteiger partial charge in [-0.25, -0.2) is 0 Å². The summed E-state index contributed by atoms with van der Waals surface area (Å²) in [5.74, 6) is 0.906. The first-order valence-electron chi connectivity index (χ1n) is 6.90. The molecular formula is C17H20BrNO. The van der Waals surface area contributed by atoms with Crippen molar-refractivity contribution in [3.63, 3.8) is 0 Å². The molecular weight excluding hydrogens is 314 g/mol. The Morgan fingerprint density at radius 2 is 1.95 bits per heavy atom. The minimum atomic E-state index is 0.340. The molecule has 2 rings (SSSR count). The van der Waals surface area contributed by atoms with Crippen LogP contribution < -0.4 is 10.1 Å². The quantitative estimate of drug-likeness (QED) is 0.827. The fourth-order valence-electron chi connectivity index (χ4n) is 2.07. The fraction of sp³-hybridized carbons (Fsp3) is 0.294. The highest BCUT2D eigenvalue weighted by Gasteiger charge is 2.05. The molecule has 1 atom stereocenters. The van der Waals surface area contributed by atoms with Crippen LogP contribution in [0.3, 0.4) is 0 Å². The Kier molecular flexibility index (Phi) is 5.62. The van der Waals surface area contributed by atoms with Crippen molar-refractivity contribution in [2.45, 2.75) is 26.5 Å². The first-order valence-corrected chi connectivity index (χ1v) is 7.69. The van der Waals surface area contributed by atoms with Gasteiger partial charge in [0.05, 0.1) is 0 Å². The van der Waals surface area contributed by atoms with Crippen molar-refractivity contribution in [3.05, 3.63) is 64.1 Å². The summed E-state index contributed by atoms with van der Waals surface area (Å²) in [6.07, 6.45) is 0. The van der Waals surface area contributed by atoms with E-state index in [4.69, 9.17) is 4.74 Å². The average Bonchev–Trinajstić information content (AvgIpc) is 2.47. The van der Waals surface area contributed by atoms with Gasteiger partial charge in [0.15, 0.2) is 0 Å². The number of halogens is 1. The van der Waals surface area contributed by atoms with E-state index in [0.717, 1.165) is 22.3 Å². The van der Waals surface area contributed by atoms with Crippen molar-refractivity contribution in [2.24, 2.45) is 0 Å². The molecule has 1 unspecified atom stereocenters. The maximum atomic E-state index is 5.88. The number of ether oxygens (including phenoxy) is 1. The summed E-state index contributed by atoms with van der Waals surface area (Å²) >= 11 is 3.54. The first kappa shape index (κ1) is 15.1. The van der Waals surface area contributed by atoms with E-state index in [-0.39, 0.29) is 0 Å². The number of nitrogens with one attached hydrogen (secondary N) is 1. The van der Waals surface area contributed by atoms with Crippen molar-refractivity contribution < 1.29 is 4.74 Å². The zero-order chi connectivity index (χ0) is 14.4. The Balaban J connectivity index is 2.03. The fourth-order valence-corrected chi connectivity index (χ4v) is 2.47. The third-order valence-corrected chi connectivity index (χ3v) is 3.99. The lowest BCUT2D eigenvalue weighted by atomic mass is 10.1. The van der Waals surface area contributed by atoms with Crippen molar-refractivity contribution in [3.8, 4) is 5.75 Å². The minimum absolute atomic E-state index is 0.340. The molecule has 0 radical (unpaired) electrons. The highest BCUT2D eigenvalue weighted by atomic mass is 79.9. The Bertz CT molecular complexity index is 556. The topological polar surface area (TPSA) is 21.3 Å². The van der Waals surface area contributed by atoms with Gasteiger partial charge in [0, 0.05) is 16.1 Å². The molecule has 0 aliphatic rings. The van der Waals surface area contributed by atoms with E-state index in [0.29, 0.717) is 12.6 Å². The first-order chi connectivity index (χ1) is 9.70. The summed E-state index contributed by atoms with van der Waals surface area (Å²) in [7, 11) is 0. The van der Waals surface area contributed by atoms with Gasteiger partial charge >= 0.3 is 0 Å². The molecule has 3 heteroatoms. The van der Waals surface area contributed by atoms with Crippen LogP contribution in [0, 0.1) is 0 Å². The molecule has 1 N–H and O–H groups in total. The normalized spacial score (nSPS) is 12.2. The number of rotatable bonds is 6. The largest absolute Gasteiger partial charge is 0.489 e. The van der Waals surface area contributed by atoms with Crippen LogP contribution in [-0.2, 0) is 6.61 Å². The lowest BCUT2D eigenvalue weighted by Gasteiger charge is -2.14. The summed E-state index contributed by atoms with van der Waals surface area (Å²) < 4.78 is 6.96. The summed E-state index contributed by atoms with van der Waals surface area (Å²) in [5.41, 5.74) is 2.40. The second kappa shape index (κ2) is 7.46. The molecule has 0 heterocycles. The van der Waals surface area contributed by atoms with Crippen LogP contribution in [0.4, 0.5) is 0 Å². The van der Waals surface area contributed by atoms with Gasteiger partial charge in [-0.3, -0.25) is 0 Å². The number of hydrogen-bond acceptors (Lipinski definition) is 2. The lowest BCUT2D eigenvalue weighted by Crippen LogP contribution is -2.17. The maximum absolute atomic E-state index is 5.88. The molecule has 0 aromatic heterocycles. The molecule has 0 bridgehead atoms. The third kappa shape index (κ3) is 4.09. The van der Waals surface area contributed by atoms with Crippen LogP contribution in [0.1, 0.15) is 31.0 Å². The summed E-state index contributed by atoms with van der Waals surface area (Å²) in [6, 6.07) is 16.7. The van der Waals surface area contributed by atoms with E-state index < -0.39 is 0 Å². The monoisotopic (exact) mass is 333 g/mol. The second-order valence-corrected chi connectivity index (χ2v) is 5.59. The molecule has 2 aromatic carbocycles. The number of hydrogen-bond donors (Lipinski definition) is 1. The van der Waals surface area contributed by atoms with Gasteiger partial charge < -0.3 is 10.1 Å². The maximum Gasteiger partial charge on any atom is 0.120 e. The van der Waals surface area contributed by atoms with E-state index in [1.54, 1.807) is 0 Å². The molecule has 0 aliphatic carbocycles. The van der Waals surface area contributed by atoms with Gasteiger partial charge in [-0.05, 0) is 37.2 Å². The van der Waals surface area contributed by atoms with Crippen LogP contribution >= 0.6 is 15.9 Å². The standard InChI is InChI=1S/C17H20BrNO/c1-3-19-13(2)14-8-6-9-16(11-14)20-12-15-7-4-5-10-17(15)18/h4-11,13,19H,3,12H2,1-2H3. The Morgan fingerprint density at radius 3 is 2.70 bits per heavy atom. The second-order valence-electron chi connectivity index (χ2n) is 4.73. The molecule has 106 valence electrons. The summed E-state index contributed by atoms with van der Waals surface area (Å²) in [4.78, 5) is 0. The van der Waals surface area contributed by atoms with Crippen LogP contribution in [0.2, 0.25) is 0 Å². The zero-order valence-electron chi connectivity index (χ0n) is 11.9. The molecule has 2 nitrogen and oxygen atoms in total. The van der Waals surface area contributed by atoms with Crippen LogP contribution in [0.15, 0.2) is 53.0 Å². The van der Waals surface area contributed by atoms with E-state index in [9.17, 15) is 0 Å². The van der Waals surface area contributed by atoms with E-state index >= 15 is 0 Å². The average molecular weight is 334 g/mol. The predicted octanol–water partition coefficient (Wildman–Crippen LogP) is 4.70. The van der Waals surface area contributed by atoms with Gasteiger partial charge in [0.25, 0.3) is 0 Å². The van der Waals surface area contributed by atoms with Gasteiger partial charge in [-0.1, -0.05) is 53.2 Å². The highest BCUT2D eigenvalue weighted by Crippen LogP contribution is 2.22. The number of benzene rings is 2. The van der Waals surface area contributed by atoms with E-state index in [1.165, 1.54) is 5.56 Å². The Hall–Kier alpha value is -1.32. The molecule has 20 heavy (non-hydrogen) atoms. The van der Waals surface area contributed by atoms with Gasteiger partial charge in [-0.2, -0.15) is 0 Å². The SMILES string of the molecule is CCNC(C)c1cccc(OCc2ccccc2Br)c1. The Labute approximate surface area is 129 Å². The molecule has 2 aromatic rings. The van der Waals surface area contributed by atoms with E-state index in [1.807, 2.05) is 30.3 Å². The van der Waals surface area contributed by atoms with Gasteiger partial charge in [0.2, 0.25) is 0 Å².